The molecule has 2 N–H and O–H groups in total. The predicted molar refractivity (Wildman–Crippen MR) is 68.6 cm³/mol. The molecule has 0 saturated carbocycles. The molecular formula is C14H23NO. The third-order valence-corrected chi connectivity index (χ3v) is 3.05. The second kappa shape index (κ2) is 7.42. The maximum Gasteiger partial charge on any atom is 0.0445 e. The van der Waals surface area contributed by atoms with Crippen LogP contribution in [0.1, 0.15) is 38.2 Å². The number of nitrogens with one attached hydrogen (secondary N) is 1. The summed E-state index contributed by atoms with van der Waals surface area (Å²) in [5.41, 5.74) is 1.37. The van der Waals surface area contributed by atoms with Gasteiger partial charge in [-0.15, -0.1) is 0 Å². The maximum atomic E-state index is 8.91. The van der Waals surface area contributed by atoms with Gasteiger partial charge >= 0.3 is 0 Å². The van der Waals surface area contributed by atoms with Crippen LogP contribution in [0.25, 0.3) is 0 Å². The highest BCUT2D eigenvalue weighted by molar-refractivity contribution is 5.18. The molecule has 0 aliphatic carbocycles. The number of hydrogen-bond donors (Lipinski definition) is 2. The average molecular weight is 221 g/mol. The zero-order valence-electron chi connectivity index (χ0n) is 10.3. The summed E-state index contributed by atoms with van der Waals surface area (Å²) in [5, 5.41) is 12.4. The first-order chi connectivity index (χ1) is 7.77. The molecular weight excluding hydrogens is 198 g/mol. The van der Waals surface area contributed by atoms with Gasteiger partial charge in [0.2, 0.25) is 0 Å². The van der Waals surface area contributed by atoms with Gasteiger partial charge in [0.1, 0.15) is 0 Å². The molecule has 2 atom stereocenters. The summed E-state index contributed by atoms with van der Waals surface area (Å²) >= 11 is 0. The van der Waals surface area contributed by atoms with Gasteiger partial charge in [-0.3, -0.25) is 0 Å². The number of benzene rings is 1. The van der Waals surface area contributed by atoms with Crippen LogP contribution in [-0.4, -0.2) is 24.3 Å². The van der Waals surface area contributed by atoms with E-state index in [0.717, 1.165) is 19.4 Å². The molecule has 1 rings (SSSR count). The fourth-order valence-corrected chi connectivity index (χ4v) is 1.85. The fourth-order valence-electron chi connectivity index (χ4n) is 1.85. The first kappa shape index (κ1) is 13.2. The molecule has 0 radical (unpaired) electrons. The molecule has 0 saturated heterocycles. The van der Waals surface area contributed by atoms with E-state index >= 15 is 0 Å². The Hall–Kier alpha value is -0.860. The van der Waals surface area contributed by atoms with Gasteiger partial charge in [-0.25, -0.2) is 0 Å². The molecule has 2 heteroatoms. The fraction of sp³-hybridized carbons (Fsp3) is 0.571. The Morgan fingerprint density at radius 3 is 2.50 bits per heavy atom. The summed E-state index contributed by atoms with van der Waals surface area (Å²) in [5.74, 6) is 0.522. The van der Waals surface area contributed by atoms with Crippen molar-refractivity contribution in [3.63, 3.8) is 0 Å². The monoisotopic (exact) mass is 221 g/mol. The van der Waals surface area contributed by atoms with Crippen LogP contribution in [0, 0.1) is 0 Å². The highest BCUT2D eigenvalue weighted by atomic mass is 16.3. The van der Waals surface area contributed by atoms with E-state index in [1.54, 1.807) is 0 Å². The van der Waals surface area contributed by atoms with E-state index < -0.39 is 0 Å². The molecule has 0 spiro atoms. The molecule has 2 unspecified atom stereocenters. The van der Waals surface area contributed by atoms with Gasteiger partial charge in [0.15, 0.2) is 0 Å². The molecule has 0 fully saturated rings. The van der Waals surface area contributed by atoms with Crippen molar-refractivity contribution in [2.75, 3.05) is 13.2 Å². The molecule has 0 amide bonds. The van der Waals surface area contributed by atoms with Crippen molar-refractivity contribution in [1.29, 1.82) is 0 Å². The number of hydrogen-bond acceptors (Lipinski definition) is 2. The smallest absolute Gasteiger partial charge is 0.0445 e. The number of aliphatic hydroxyl groups excluding tert-OH is 1. The zero-order chi connectivity index (χ0) is 11.8. The predicted octanol–water partition coefficient (Wildman–Crippen LogP) is 2.54. The van der Waals surface area contributed by atoms with E-state index in [4.69, 9.17) is 5.11 Å². The van der Waals surface area contributed by atoms with E-state index in [9.17, 15) is 0 Å². The van der Waals surface area contributed by atoms with Crippen LogP contribution in [0.3, 0.4) is 0 Å². The van der Waals surface area contributed by atoms with Crippen LogP contribution in [0.2, 0.25) is 0 Å². The highest BCUT2D eigenvalue weighted by Gasteiger charge is 2.08. The third-order valence-electron chi connectivity index (χ3n) is 3.05. The van der Waals surface area contributed by atoms with Gasteiger partial charge in [0.05, 0.1) is 0 Å². The van der Waals surface area contributed by atoms with Gasteiger partial charge in [-0.2, -0.15) is 0 Å². The lowest BCUT2D eigenvalue weighted by Crippen LogP contribution is -2.32. The Kier molecular flexibility index (Phi) is 6.12. The Balaban J connectivity index is 2.37. The zero-order valence-corrected chi connectivity index (χ0v) is 10.3. The summed E-state index contributed by atoms with van der Waals surface area (Å²) in [6.45, 7) is 5.63. The van der Waals surface area contributed by atoms with Gasteiger partial charge < -0.3 is 10.4 Å². The molecule has 0 heterocycles. The van der Waals surface area contributed by atoms with Gasteiger partial charge in [-0.05, 0) is 24.3 Å². The lowest BCUT2D eigenvalue weighted by molar-refractivity contribution is 0.261. The van der Waals surface area contributed by atoms with Crippen molar-refractivity contribution < 1.29 is 5.11 Å². The van der Waals surface area contributed by atoms with Crippen molar-refractivity contribution in [1.82, 2.24) is 5.32 Å². The van der Waals surface area contributed by atoms with E-state index in [-0.39, 0.29) is 6.61 Å². The van der Waals surface area contributed by atoms with Crippen molar-refractivity contribution >= 4 is 0 Å². The van der Waals surface area contributed by atoms with Gasteiger partial charge in [0.25, 0.3) is 0 Å². The third kappa shape index (κ3) is 4.33. The molecule has 0 aliphatic heterocycles. The van der Waals surface area contributed by atoms with Crippen molar-refractivity contribution in [3.8, 4) is 0 Å². The summed E-state index contributed by atoms with van der Waals surface area (Å²) in [6, 6.07) is 11.0. The molecule has 0 bridgehead atoms. The van der Waals surface area contributed by atoms with Crippen LogP contribution in [0.4, 0.5) is 0 Å². The van der Waals surface area contributed by atoms with Crippen LogP contribution in [0.15, 0.2) is 30.3 Å². The molecule has 90 valence electrons. The molecule has 2 nitrogen and oxygen atoms in total. The van der Waals surface area contributed by atoms with E-state index in [1.165, 1.54) is 5.56 Å². The quantitative estimate of drug-likeness (QED) is 0.741. The average Bonchev–Trinajstić information content (AvgIpc) is 2.35. The minimum absolute atomic E-state index is 0.269. The summed E-state index contributed by atoms with van der Waals surface area (Å²) in [6.07, 6.45) is 1.92. The minimum atomic E-state index is 0.269. The van der Waals surface area contributed by atoms with Gasteiger partial charge in [-0.1, -0.05) is 44.2 Å². The van der Waals surface area contributed by atoms with Crippen molar-refractivity contribution in [2.45, 2.75) is 38.6 Å². The lowest BCUT2D eigenvalue weighted by Gasteiger charge is -2.19. The number of aliphatic hydroxyl groups is 1. The summed E-state index contributed by atoms with van der Waals surface area (Å²) in [4.78, 5) is 0. The summed E-state index contributed by atoms with van der Waals surface area (Å²) in [7, 11) is 0. The van der Waals surface area contributed by atoms with E-state index in [0.29, 0.717) is 12.0 Å². The second-order valence-corrected chi connectivity index (χ2v) is 4.34. The maximum absolute atomic E-state index is 8.91. The van der Waals surface area contributed by atoms with Crippen LogP contribution < -0.4 is 5.32 Å². The normalized spacial score (nSPS) is 14.7. The SMILES string of the molecule is CCC(CCO)NCC(C)c1ccccc1. The highest BCUT2D eigenvalue weighted by Crippen LogP contribution is 2.13. The first-order valence-electron chi connectivity index (χ1n) is 6.17. The van der Waals surface area contributed by atoms with Crippen LogP contribution in [0.5, 0.6) is 0 Å². The Labute approximate surface area is 98.7 Å². The first-order valence-corrected chi connectivity index (χ1v) is 6.17. The Morgan fingerprint density at radius 2 is 1.94 bits per heavy atom. The topological polar surface area (TPSA) is 32.3 Å². The van der Waals surface area contributed by atoms with Crippen molar-refractivity contribution in [2.24, 2.45) is 0 Å². The molecule has 1 aromatic carbocycles. The Bertz CT molecular complexity index is 273. The van der Waals surface area contributed by atoms with Crippen molar-refractivity contribution in [3.05, 3.63) is 35.9 Å². The molecule has 16 heavy (non-hydrogen) atoms. The van der Waals surface area contributed by atoms with Crippen LogP contribution >= 0.6 is 0 Å². The standard InChI is InChI=1S/C14H23NO/c1-3-14(9-10-16)15-11-12(2)13-7-5-4-6-8-13/h4-8,12,14-16H,3,9-11H2,1-2H3. The van der Waals surface area contributed by atoms with E-state index in [1.807, 2.05) is 6.07 Å². The van der Waals surface area contributed by atoms with Gasteiger partial charge in [0, 0.05) is 19.2 Å². The molecule has 0 aliphatic rings. The largest absolute Gasteiger partial charge is 0.396 e. The van der Waals surface area contributed by atoms with E-state index in [2.05, 4.69) is 43.4 Å². The lowest BCUT2D eigenvalue weighted by atomic mass is 10.0. The molecule has 1 aromatic rings. The Morgan fingerprint density at radius 1 is 1.25 bits per heavy atom. The summed E-state index contributed by atoms with van der Waals surface area (Å²) < 4.78 is 0. The molecule has 0 aromatic heterocycles. The second-order valence-electron chi connectivity index (χ2n) is 4.34. The van der Waals surface area contributed by atoms with Crippen LogP contribution in [-0.2, 0) is 0 Å². The minimum Gasteiger partial charge on any atom is -0.396 e. The number of rotatable bonds is 7.